The number of Topliss-reactive ketones (excluding diaryl/α,β-unsaturated/α-hetero) is 2. The molecule has 6 heteroatoms. The Balaban J connectivity index is 1.49. The lowest BCUT2D eigenvalue weighted by Gasteiger charge is -2.06. The van der Waals surface area contributed by atoms with Crippen LogP contribution in [0.2, 0.25) is 10.0 Å². The summed E-state index contributed by atoms with van der Waals surface area (Å²) >= 11 is 11.9. The fourth-order valence-electron chi connectivity index (χ4n) is 2.87. The van der Waals surface area contributed by atoms with Crippen molar-refractivity contribution in [3.8, 4) is 11.5 Å². The molecule has 1 aliphatic heterocycles. The van der Waals surface area contributed by atoms with Crippen molar-refractivity contribution in [2.24, 2.45) is 0 Å². The molecule has 0 aromatic heterocycles. The van der Waals surface area contributed by atoms with E-state index in [1.807, 2.05) is 6.07 Å². The maximum absolute atomic E-state index is 12.6. The van der Waals surface area contributed by atoms with Crippen LogP contribution in [0, 0.1) is 0 Å². The highest BCUT2D eigenvalue weighted by molar-refractivity contribution is 6.42. The molecule has 0 amide bonds. The molecule has 3 aromatic rings. The zero-order valence-corrected chi connectivity index (χ0v) is 16.5. The van der Waals surface area contributed by atoms with Gasteiger partial charge in [-0.1, -0.05) is 59.6 Å². The van der Waals surface area contributed by atoms with Crippen molar-refractivity contribution >= 4 is 40.8 Å². The van der Waals surface area contributed by atoms with Crippen LogP contribution in [0.4, 0.5) is 0 Å². The molecular formula is C23H14Cl2O4. The molecule has 4 nitrogen and oxygen atoms in total. The van der Waals surface area contributed by atoms with Gasteiger partial charge in [-0.3, -0.25) is 9.59 Å². The van der Waals surface area contributed by atoms with Gasteiger partial charge in [0.1, 0.15) is 11.5 Å². The van der Waals surface area contributed by atoms with Crippen molar-refractivity contribution in [1.29, 1.82) is 0 Å². The second-order valence-corrected chi connectivity index (χ2v) is 7.16. The fourth-order valence-corrected chi connectivity index (χ4v) is 3.17. The summed E-state index contributed by atoms with van der Waals surface area (Å²) in [6.07, 6.45) is 1.60. The Morgan fingerprint density at radius 1 is 0.966 bits per heavy atom. The largest absolute Gasteiger partial charge is 0.485 e. The number of halogens is 2. The highest BCUT2D eigenvalue weighted by atomic mass is 35.5. The summed E-state index contributed by atoms with van der Waals surface area (Å²) in [5, 5.41) is 0.824. The number of allylic oxidation sites excluding steroid dienone is 1. The minimum Gasteiger partial charge on any atom is -0.485 e. The van der Waals surface area contributed by atoms with E-state index in [9.17, 15) is 9.59 Å². The van der Waals surface area contributed by atoms with Crippen molar-refractivity contribution in [2.75, 3.05) is 6.61 Å². The quantitative estimate of drug-likeness (QED) is 0.379. The van der Waals surface area contributed by atoms with Crippen LogP contribution < -0.4 is 9.47 Å². The van der Waals surface area contributed by atoms with Gasteiger partial charge in [-0.15, -0.1) is 0 Å². The molecule has 0 aliphatic carbocycles. The SMILES string of the molecule is O=C(COc1ccc2c(c1)OC(=Cc1ccc(Cl)c(Cl)c1)C2=O)c1ccccc1. The molecule has 0 unspecified atom stereocenters. The van der Waals surface area contributed by atoms with Crippen molar-refractivity contribution in [2.45, 2.75) is 0 Å². The Kier molecular flexibility index (Phi) is 5.38. The first-order valence-corrected chi connectivity index (χ1v) is 9.51. The molecule has 0 radical (unpaired) electrons. The van der Waals surface area contributed by atoms with Gasteiger partial charge in [-0.05, 0) is 35.9 Å². The van der Waals surface area contributed by atoms with E-state index in [2.05, 4.69) is 0 Å². The van der Waals surface area contributed by atoms with Crippen LogP contribution in [0.15, 0.2) is 72.5 Å². The van der Waals surface area contributed by atoms with Gasteiger partial charge in [0.25, 0.3) is 0 Å². The average molecular weight is 425 g/mol. The molecule has 0 saturated heterocycles. The number of fused-ring (bicyclic) bond motifs is 1. The number of benzene rings is 3. The van der Waals surface area contributed by atoms with E-state index in [1.165, 1.54) is 0 Å². The van der Waals surface area contributed by atoms with E-state index < -0.39 is 0 Å². The molecule has 0 saturated carbocycles. The molecule has 0 fully saturated rings. The smallest absolute Gasteiger partial charge is 0.231 e. The van der Waals surface area contributed by atoms with E-state index in [4.69, 9.17) is 32.7 Å². The van der Waals surface area contributed by atoms with Gasteiger partial charge in [0, 0.05) is 11.6 Å². The van der Waals surface area contributed by atoms with Crippen LogP contribution in [0.3, 0.4) is 0 Å². The van der Waals surface area contributed by atoms with E-state index in [0.717, 1.165) is 0 Å². The van der Waals surface area contributed by atoms with Gasteiger partial charge in [-0.25, -0.2) is 0 Å². The molecule has 29 heavy (non-hydrogen) atoms. The molecule has 1 heterocycles. The first-order valence-electron chi connectivity index (χ1n) is 8.75. The summed E-state index contributed by atoms with van der Waals surface area (Å²) in [5.41, 5.74) is 1.70. The molecule has 3 aromatic carbocycles. The van der Waals surface area contributed by atoms with E-state index >= 15 is 0 Å². The average Bonchev–Trinajstić information content (AvgIpc) is 3.04. The van der Waals surface area contributed by atoms with Crippen molar-refractivity contribution < 1.29 is 19.1 Å². The molecule has 0 N–H and O–H groups in total. The van der Waals surface area contributed by atoms with E-state index in [1.54, 1.807) is 66.7 Å². The van der Waals surface area contributed by atoms with Crippen LogP contribution in [0.25, 0.3) is 6.08 Å². The van der Waals surface area contributed by atoms with Crippen LogP contribution in [-0.4, -0.2) is 18.2 Å². The van der Waals surface area contributed by atoms with Crippen LogP contribution in [0.1, 0.15) is 26.3 Å². The van der Waals surface area contributed by atoms with Gasteiger partial charge in [0.05, 0.1) is 15.6 Å². The van der Waals surface area contributed by atoms with Gasteiger partial charge in [0.2, 0.25) is 5.78 Å². The second kappa shape index (κ2) is 8.11. The number of hydrogen-bond acceptors (Lipinski definition) is 4. The Bertz CT molecular complexity index is 1140. The van der Waals surface area contributed by atoms with Crippen molar-refractivity contribution in [3.05, 3.63) is 99.2 Å². The molecule has 1 aliphatic rings. The normalized spacial score (nSPS) is 13.9. The minimum absolute atomic E-state index is 0.108. The molecule has 4 rings (SSSR count). The number of hydrogen-bond donors (Lipinski definition) is 0. The standard InChI is InChI=1S/C23H14Cl2O4/c24-18-9-6-14(10-19(18)25)11-22-23(27)17-8-7-16(12-21(17)29-22)28-13-20(26)15-4-2-1-3-5-15/h1-12H,13H2. The highest BCUT2D eigenvalue weighted by Gasteiger charge is 2.27. The first-order chi connectivity index (χ1) is 14.0. The third-order valence-corrected chi connectivity index (χ3v) is 5.09. The molecule has 144 valence electrons. The number of ether oxygens (including phenoxy) is 2. The number of ketones is 2. The Hall–Kier alpha value is -3.08. The summed E-state index contributed by atoms with van der Waals surface area (Å²) in [6, 6.07) is 18.8. The van der Waals surface area contributed by atoms with E-state index in [0.29, 0.717) is 38.2 Å². The predicted molar refractivity (Wildman–Crippen MR) is 112 cm³/mol. The Morgan fingerprint density at radius 3 is 2.52 bits per heavy atom. The van der Waals surface area contributed by atoms with Gasteiger partial charge >= 0.3 is 0 Å². The lowest BCUT2D eigenvalue weighted by molar-refractivity contribution is 0.0921. The molecule has 0 spiro atoms. The monoisotopic (exact) mass is 424 g/mol. The van der Waals surface area contributed by atoms with Crippen LogP contribution in [0.5, 0.6) is 11.5 Å². The molecular weight excluding hydrogens is 411 g/mol. The third kappa shape index (κ3) is 4.19. The van der Waals surface area contributed by atoms with Gasteiger partial charge in [0.15, 0.2) is 18.1 Å². The Labute approximate surface area is 177 Å². The highest BCUT2D eigenvalue weighted by Crippen LogP contribution is 2.35. The minimum atomic E-state index is -0.238. The molecule has 0 bridgehead atoms. The fraction of sp³-hybridized carbons (Fsp3) is 0.0435. The van der Waals surface area contributed by atoms with Crippen LogP contribution >= 0.6 is 23.2 Å². The summed E-state index contributed by atoms with van der Waals surface area (Å²) in [6.45, 7) is -0.108. The van der Waals surface area contributed by atoms with Gasteiger partial charge in [-0.2, -0.15) is 0 Å². The Morgan fingerprint density at radius 2 is 1.76 bits per heavy atom. The maximum atomic E-state index is 12.6. The van der Waals surface area contributed by atoms with Crippen LogP contribution in [-0.2, 0) is 0 Å². The summed E-state index contributed by atoms with van der Waals surface area (Å²) in [5.74, 6) is 0.625. The second-order valence-electron chi connectivity index (χ2n) is 6.35. The number of rotatable bonds is 5. The molecule has 0 atom stereocenters. The third-order valence-electron chi connectivity index (χ3n) is 4.35. The number of carbonyl (C=O) groups is 2. The lowest BCUT2D eigenvalue weighted by Crippen LogP contribution is -2.11. The van der Waals surface area contributed by atoms with Crippen molar-refractivity contribution in [1.82, 2.24) is 0 Å². The van der Waals surface area contributed by atoms with Gasteiger partial charge < -0.3 is 9.47 Å². The number of carbonyl (C=O) groups excluding carboxylic acids is 2. The summed E-state index contributed by atoms with van der Waals surface area (Å²) in [7, 11) is 0. The summed E-state index contributed by atoms with van der Waals surface area (Å²) < 4.78 is 11.3. The first kappa shape index (κ1) is 19.2. The zero-order chi connectivity index (χ0) is 20.4. The van der Waals surface area contributed by atoms with Crippen molar-refractivity contribution in [3.63, 3.8) is 0 Å². The topological polar surface area (TPSA) is 52.6 Å². The zero-order valence-electron chi connectivity index (χ0n) is 15.0. The lowest BCUT2D eigenvalue weighted by atomic mass is 10.1. The van der Waals surface area contributed by atoms with E-state index in [-0.39, 0.29) is 23.9 Å². The predicted octanol–water partition coefficient (Wildman–Crippen LogP) is 5.87. The maximum Gasteiger partial charge on any atom is 0.231 e. The summed E-state index contributed by atoms with van der Waals surface area (Å²) in [4.78, 5) is 24.7.